The van der Waals surface area contributed by atoms with E-state index in [9.17, 15) is 9.18 Å². The maximum Gasteiger partial charge on any atom is 0.320 e. The average Bonchev–Trinajstić information content (AvgIpc) is 3.00. The van der Waals surface area contributed by atoms with Crippen molar-refractivity contribution in [2.75, 3.05) is 17.2 Å². The standard InChI is InChI=1S/C17H18ClFN6O/c1-3-20-16-11-8-21-15(7-14(11)24-25-16)23-17(26)22-9(2)10-4-5-13(19)12(18)6-10/h4-9H,3H2,1-2H3,(H2,20,24,25)(H2,21,22,23,26)/t9-/m1/s1. The van der Waals surface area contributed by atoms with Crippen molar-refractivity contribution < 1.29 is 9.18 Å². The normalized spacial score (nSPS) is 12.0. The van der Waals surface area contributed by atoms with E-state index in [4.69, 9.17) is 11.6 Å². The second-order valence-electron chi connectivity index (χ2n) is 5.71. The Morgan fingerprint density at radius 1 is 1.38 bits per heavy atom. The maximum atomic E-state index is 13.2. The molecule has 0 radical (unpaired) electrons. The lowest BCUT2D eigenvalue weighted by Gasteiger charge is -2.15. The number of aromatic amines is 1. The van der Waals surface area contributed by atoms with Crippen molar-refractivity contribution in [2.45, 2.75) is 19.9 Å². The molecule has 3 aromatic rings. The number of carbonyl (C=O) groups excluding carboxylic acids is 1. The van der Waals surface area contributed by atoms with E-state index in [1.54, 1.807) is 25.3 Å². The van der Waals surface area contributed by atoms with Gasteiger partial charge in [-0.25, -0.2) is 14.2 Å². The molecule has 0 aliphatic rings. The number of halogens is 2. The van der Waals surface area contributed by atoms with Gasteiger partial charge in [0.05, 0.1) is 22.0 Å². The summed E-state index contributed by atoms with van der Waals surface area (Å²) in [5.41, 5.74) is 1.45. The molecule has 2 amide bonds. The summed E-state index contributed by atoms with van der Waals surface area (Å²) in [6.07, 6.45) is 1.63. The van der Waals surface area contributed by atoms with E-state index in [0.29, 0.717) is 17.2 Å². The van der Waals surface area contributed by atoms with E-state index in [1.165, 1.54) is 12.1 Å². The summed E-state index contributed by atoms with van der Waals surface area (Å²) in [6.45, 7) is 4.49. The van der Waals surface area contributed by atoms with Crippen LogP contribution in [0.15, 0.2) is 30.5 Å². The smallest absolute Gasteiger partial charge is 0.320 e. The van der Waals surface area contributed by atoms with Crippen LogP contribution in [0.1, 0.15) is 25.5 Å². The first kappa shape index (κ1) is 17.9. The van der Waals surface area contributed by atoms with Gasteiger partial charge in [-0.3, -0.25) is 10.4 Å². The zero-order valence-electron chi connectivity index (χ0n) is 14.2. The number of H-pyrrole nitrogens is 1. The van der Waals surface area contributed by atoms with Crippen molar-refractivity contribution >= 4 is 40.2 Å². The highest BCUT2D eigenvalue weighted by molar-refractivity contribution is 6.30. The fraction of sp³-hybridized carbons (Fsp3) is 0.235. The molecule has 0 spiro atoms. The molecule has 2 aromatic heterocycles. The third-order valence-corrected chi connectivity index (χ3v) is 4.11. The Bertz CT molecular complexity index is 944. The number of rotatable bonds is 5. The van der Waals surface area contributed by atoms with E-state index < -0.39 is 11.8 Å². The number of pyridine rings is 1. The summed E-state index contributed by atoms with van der Waals surface area (Å²) in [5.74, 6) is 0.597. The zero-order valence-corrected chi connectivity index (χ0v) is 15.0. The monoisotopic (exact) mass is 376 g/mol. The van der Waals surface area contributed by atoms with Crippen LogP contribution in [0, 0.1) is 5.82 Å². The van der Waals surface area contributed by atoms with Gasteiger partial charge in [0, 0.05) is 18.8 Å². The number of amides is 2. The Morgan fingerprint density at radius 3 is 2.92 bits per heavy atom. The summed E-state index contributed by atoms with van der Waals surface area (Å²) in [4.78, 5) is 16.4. The maximum absolute atomic E-state index is 13.2. The van der Waals surface area contributed by atoms with E-state index in [2.05, 4.69) is 31.1 Å². The van der Waals surface area contributed by atoms with Crippen molar-refractivity contribution in [3.63, 3.8) is 0 Å². The molecule has 0 bridgehead atoms. The molecule has 0 saturated heterocycles. The van der Waals surface area contributed by atoms with Crippen LogP contribution >= 0.6 is 11.6 Å². The van der Waals surface area contributed by atoms with Crippen LogP contribution in [0.3, 0.4) is 0 Å². The molecule has 136 valence electrons. The van der Waals surface area contributed by atoms with E-state index >= 15 is 0 Å². The second-order valence-corrected chi connectivity index (χ2v) is 6.12. The van der Waals surface area contributed by atoms with Crippen LogP contribution < -0.4 is 16.0 Å². The van der Waals surface area contributed by atoms with Crippen LogP contribution in [-0.2, 0) is 0 Å². The highest BCUT2D eigenvalue weighted by atomic mass is 35.5. The number of carbonyl (C=O) groups is 1. The number of hydrogen-bond donors (Lipinski definition) is 4. The third-order valence-electron chi connectivity index (χ3n) is 3.82. The molecule has 2 heterocycles. The Balaban J connectivity index is 1.67. The fourth-order valence-corrected chi connectivity index (χ4v) is 2.69. The topological polar surface area (TPSA) is 94.7 Å². The highest BCUT2D eigenvalue weighted by Gasteiger charge is 2.13. The van der Waals surface area contributed by atoms with Gasteiger partial charge in [-0.1, -0.05) is 17.7 Å². The van der Waals surface area contributed by atoms with Crippen molar-refractivity contribution in [3.05, 3.63) is 46.9 Å². The number of nitrogens with one attached hydrogen (secondary N) is 4. The van der Waals surface area contributed by atoms with Gasteiger partial charge >= 0.3 is 6.03 Å². The molecule has 0 aliphatic heterocycles. The zero-order chi connectivity index (χ0) is 18.7. The van der Waals surface area contributed by atoms with E-state index in [0.717, 1.165) is 17.4 Å². The molecule has 0 unspecified atom stereocenters. The molecule has 0 saturated carbocycles. The molecule has 7 nitrogen and oxygen atoms in total. The molecular formula is C17H18ClFN6O. The van der Waals surface area contributed by atoms with Gasteiger partial charge in [-0.15, -0.1) is 0 Å². The predicted molar refractivity (Wildman–Crippen MR) is 100 cm³/mol. The van der Waals surface area contributed by atoms with Crippen LogP contribution in [0.4, 0.5) is 20.8 Å². The number of urea groups is 1. The van der Waals surface area contributed by atoms with Gasteiger partial charge in [0.15, 0.2) is 5.82 Å². The number of fused-ring (bicyclic) bond motifs is 1. The number of nitrogens with zero attached hydrogens (tertiary/aromatic N) is 2. The number of aromatic nitrogens is 3. The Morgan fingerprint density at radius 2 is 2.19 bits per heavy atom. The van der Waals surface area contributed by atoms with Crippen LogP contribution in [-0.4, -0.2) is 27.8 Å². The second kappa shape index (κ2) is 7.57. The summed E-state index contributed by atoms with van der Waals surface area (Å²) in [5, 5.41) is 16.4. The van der Waals surface area contributed by atoms with Crippen molar-refractivity contribution in [2.24, 2.45) is 0 Å². The van der Waals surface area contributed by atoms with Gasteiger partial charge < -0.3 is 10.6 Å². The lowest BCUT2D eigenvalue weighted by atomic mass is 10.1. The number of hydrogen-bond acceptors (Lipinski definition) is 4. The Hall–Kier alpha value is -2.87. The molecule has 4 N–H and O–H groups in total. The van der Waals surface area contributed by atoms with Crippen LogP contribution in [0.5, 0.6) is 0 Å². The van der Waals surface area contributed by atoms with Gasteiger partial charge in [-0.05, 0) is 31.5 Å². The fourth-order valence-electron chi connectivity index (χ4n) is 2.50. The summed E-state index contributed by atoms with van der Waals surface area (Å²) >= 11 is 5.78. The minimum Gasteiger partial charge on any atom is -0.368 e. The first-order valence-electron chi connectivity index (χ1n) is 8.08. The van der Waals surface area contributed by atoms with Gasteiger partial charge in [0.25, 0.3) is 0 Å². The molecule has 26 heavy (non-hydrogen) atoms. The summed E-state index contributed by atoms with van der Waals surface area (Å²) < 4.78 is 13.2. The van der Waals surface area contributed by atoms with Gasteiger partial charge in [-0.2, -0.15) is 5.10 Å². The van der Waals surface area contributed by atoms with Crippen LogP contribution in [0.2, 0.25) is 5.02 Å². The molecule has 3 rings (SSSR count). The molecule has 9 heteroatoms. The van der Waals surface area contributed by atoms with Crippen molar-refractivity contribution in [3.8, 4) is 0 Å². The summed E-state index contributed by atoms with van der Waals surface area (Å²) in [6, 6.07) is 5.23. The number of anilines is 2. The Labute approximate surface area is 154 Å². The molecular weight excluding hydrogens is 359 g/mol. The van der Waals surface area contributed by atoms with E-state index in [-0.39, 0.29) is 11.1 Å². The third kappa shape index (κ3) is 3.85. The molecule has 1 atom stereocenters. The van der Waals surface area contributed by atoms with Crippen molar-refractivity contribution in [1.29, 1.82) is 0 Å². The predicted octanol–water partition coefficient (Wildman–Crippen LogP) is 4.06. The largest absolute Gasteiger partial charge is 0.368 e. The van der Waals surface area contributed by atoms with E-state index in [1.807, 2.05) is 6.92 Å². The average molecular weight is 377 g/mol. The molecule has 0 aliphatic carbocycles. The van der Waals surface area contributed by atoms with Crippen molar-refractivity contribution in [1.82, 2.24) is 20.5 Å². The van der Waals surface area contributed by atoms with Gasteiger partial charge in [0.1, 0.15) is 11.6 Å². The SMILES string of the molecule is CCNc1n[nH]c2cc(NC(=O)N[C@H](C)c3ccc(F)c(Cl)c3)ncc12. The Kier molecular flexibility index (Phi) is 5.22. The summed E-state index contributed by atoms with van der Waals surface area (Å²) in [7, 11) is 0. The quantitative estimate of drug-likeness (QED) is 0.540. The first-order chi connectivity index (χ1) is 12.5. The lowest BCUT2D eigenvalue weighted by Crippen LogP contribution is -2.31. The molecule has 1 aromatic carbocycles. The molecule has 0 fully saturated rings. The van der Waals surface area contributed by atoms with Gasteiger partial charge in [0.2, 0.25) is 0 Å². The van der Waals surface area contributed by atoms with Crippen LogP contribution in [0.25, 0.3) is 10.9 Å². The first-order valence-corrected chi connectivity index (χ1v) is 8.46. The highest BCUT2D eigenvalue weighted by Crippen LogP contribution is 2.22. The minimum atomic E-state index is -0.499. The minimum absolute atomic E-state index is 0.0133. The number of benzene rings is 1. The lowest BCUT2D eigenvalue weighted by molar-refractivity contribution is 0.249.